The van der Waals surface area contributed by atoms with Gasteiger partial charge in [-0.05, 0) is 49.7 Å². The largest absolute Gasteiger partial charge is 0.357 e. The fourth-order valence-electron chi connectivity index (χ4n) is 5.38. The Hall–Kier alpha value is -1.28. The first-order valence-electron chi connectivity index (χ1n) is 8.77. The lowest BCUT2D eigenvalue weighted by atomic mass is 9.74. The molecule has 1 saturated carbocycles. The molecule has 0 radical (unpaired) electrons. The van der Waals surface area contributed by atoms with E-state index in [9.17, 15) is 0 Å². The van der Waals surface area contributed by atoms with Gasteiger partial charge in [0.15, 0.2) is 0 Å². The predicted molar refractivity (Wildman–Crippen MR) is 86.4 cm³/mol. The van der Waals surface area contributed by atoms with Crippen molar-refractivity contribution in [2.45, 2.75) is 57.0 Å². The smallest absolute Gasteiger partial charge is 0.0504 e. The van der Waals surface area contributed by atoms with Gasteiger partial charge in [-0.3, -0.25) is 4.90 Å². The number of nitrogens with one attached hydrogen (secondary N) is 1. The number of hydrogen-bond donors (Lipinski definition) is 1. The fraction of sp³-hybridized carbons (Fsp3) is 0.579. The van der Waals surface area contributed by atoms with Crippen LogP contribution in [0.4, 0.5) is 0 Å². The van der Waals surface area contributed by atoms with Crippen molar-refractivity contribution in [2.24, 2.45) is 5.92 Å². The Balaban J connectivity index is 1.58. The number of rotatable bonds is 0. The molecular weight excluding hydrogens is 256 g/mol. The third kappa shape index (κ3) is 1.75. The number of H-pyrrole nitrogens is 1. The minimum Gasteiger partial charge on any atom is -0.357 e. The molecule has 1 N–H and O–H groups in total. The Kier molecular flexibility index (Phi) is 2.69. The summed E-state index contributed by atoms with van der Waals surface area (Å²) in [5, 5.41) is 1.47. The Morgan fingerprint density at radius 1 is 1.00 bits per heavy atom. The fourth-order valence-corrected chi connectivity index (χ4v) is 5.38. The summed E-state index contributed by atoms with van der Waals surface area (Å²) in [6, 6.07) is 10.4. The van der Waals surface area contributed by atoms with Crippen molar-refractivity contribution < 1.29 is 0 Å². The summed E-state index contributed by atoms with van der Waals surface area (Å²) in [6.45, 7) is 1.28. The van der Waals surface area contributed by atoms with Crippen molar-refractivity contribution in [1.29, 1.82) is 0 Å². The van der Waals surface area contributed by atoms with Crippen LogP contribution in [0.25, 0.3) is 10.9 Å². The molecular formula is C19H24N2. The van der Waals surface area contributed by atoms with E-state index in [0.717, 1.165) is 12.0 Å². The quantitative estimate of drug-likeness (QED) is 0.757. The van der Waals surface area contributed by atoms with E-state index in [2.05, 4.69) is 34.1 Å². The van der Waals surface area contributed by atoms with Crippen LogP contribution in [0.2, 0.25) is 0 Å². The van der Waals surface area contributed by atoms with Gasteiger partial charge in [0.05, 0.1) is 6.04 Å². The normalized spacial score (nSPS) is 32.5. The molecule has 3 aliphatic rings. The Bertz CT molecular complexity index is 671. The van der Waals surface area contributed by atoms with E-state index < -0.39 is 0 Å². The van der Waals surface area contributed by atoms with Crippen molar-refractivity contribution in [1.82, 2.24) is 9.88 Å². The summed E-state index contributed by atoms with van der Waals surface area (Å²) in [6.07, 6.45) is 9.88. The van der Waals surface area contributed by atoms with Crippen LogP contribution in [0.15, 0.2) is 24.3 Å². The summed E-state index contributed by atoms with van der Waals surface area (Å²) in [4.78, 5) is 6.64. The number of fused-ring (bicyclic) bond motifs is 7. The number of hydrogen-bond acceptors (Lipinski definition) is 1. The maximum atomic E-state index is 3.77. The maximum Gasteiger partial charge on any atom is 0.0504 e. The second-order valence-corrected chi connectivity index (χ2v) is 7.26. The first-order chi connectivity index (χ1) is 10.4. The number of nitrogens with zero attached hydrogens (tertiary/aromatic N) is 1. The summed E-state index contributed by atoms with van der Waals surface area (Å²) in [7, 11) is 0. The van der Waals surface area contributed by atoms with Crippen LogP contribution >= 0.6 is 0 Å². The second kappa shape index (κ2) is 4.61. The summed E-state index contributed by atoms with van der Waals surface area (Å²) in [5.41, 5.74) is 4.50. The van der Waals surface area contributed by atoms with Gasteiger partial charge in [0, 0.05) is 29.2 Å². The lowest BCUT2D eigenvalue weighted by Gasteiger charge is -2.50. The van der Waals surface area contributed by atoms with E-state index in [0.29, 0.717) is 6.04 Å². The molecule has 3 atom stereocenters. The number of para-hydroxylation sites is 1. The molecule has 1 aromatic heterocycles. The average molecular weight is 280 g/mol. The van der Waals surface area contributed by atoms with Crippen LogP contribution in [0.1, 0.15) is 55.8 Å². The van der Waals surface area contributed by atoms with E-state index in [1.165, 1.54) is 62.4 Å². The Morgan fingerprint density at radius 2 is 1.90 bits per heavy atom. The average Bonchev–Trinajstić information content (AvgIpc) is 2.93. The van der Waals surface area contributed by atoms with E-state index in [-0.39, 0.29) is 0 Å². The highest BCUT2D eigenvalue weighted by molar-refractivity contribution is 5.85. The lowest BCUT2D eigenvalue weighted by Crippen LogP contribution is -2.50. The zero-order valence-electron chi connectivity index (χ0n) is 12.6. The predicted octanol–water partition coefficient (Wildman–Crippen LogP) is 4.42. The van der Waals surface area contributed by atoms with Crippen LogP contribution in [-0.2, 0) is 6.42 Å². The van der Waals surface area contributed by atoms with Crippen molar-refractivity contribution in [2.75, 3.05) is 6.54 Å². The highest BCUT2D eigenvalue weighted by Gasteiger charge is 2.42. The molecule has 2 aromatic rings. The van der Waals surface area contributed by atoms with Gasteiger partial charge in [0.1, 0.15) is 0 Å². The summed E-state index contributed by atoms with van der Waals surface area (Å²) in [5.74, 6) is 0.987. The molecule has 2 fully saturated rings. The van der Waals surface area contributed by atoms with Gasteiger partial charge in [-0.25, -0.2) is 0 Å². The molecule has 2 nitrogen and oxygen atoms in total. The van der Waals surface area contributed by atoms with Gasteiger partial charge < -0.3 is 4.98 Å². The minimum absolute atomic E-state index is 0.667. The standard InChI is InChI=1S/C19H24N2/c1-4-8-17-13(5-1)9-10-18-19-15(11-12-21(17)18)14-6-2-3-7-16(14)20-19/h2-3,6-7,13,17-18,20H,1,4-5,8-12H2/t13-,17+,18+/m0/s1. The maximum absolute atomic E-state index is 3.77. The third-order valence-corrected chi connectivity index (χ3v) is 6.31. The molecule has 1 aliphatic carbocycles. The van der Waals surface area contributed by atoms with E-state index in [1.54, 1.807) is 11.3 Å². The van der Waals surface area contributed by atoms with Crippen LogP contribution in [-0.4, -0.2) is 22.5 Å². The van der Waals surface area contributed by atoms with Gasteiger partial charge in [0.25, 0.3) is 0 Å². The van der Waals surface area contributed by atoms with Crippen LogP contribution in [0.3, 0.4) is 0 Å². The summed E-state index contributed by atoms with van der Waals surface area (Å²) >= 11 is 0. The second-order valence-electron chi connectivity index (χ2n) is 7.26. The third-order valence-electron chi connectivity index (χ3n) is 6.31. The van der Waals surface area contributed by atoms with Crippen LogP contribution in [0.5, 0.6) is 0 Å². The molecule has 2 heteroatoms. The number of aromatic nitrogens is 1. The van der Waals surface area contributed by atoms with Crippen molar-refractivity contribution >= 4 is 10.9 Å². The molecule has 0 spiro atoms. The molecule has 0 unspecified atom stereocenters. The van der Waals surface area contributed by atoms with Crippen LogP contribution in [0, 0.1) is 5.92 Å². The highest BCUT2D eigenvalue weighted by atomic mass is 15.2. The van der Waals surface area contributed by atoms with Gasteiger partial charge in [-0.15, -0.1) is 0 Å². The Morgan fingerprint density at radius 3 is 2.90 bits per heavy atom. The van der Waals surface area contributed by atoms with E-state index >= 15 is 0 Å². The number of benzene rings is 1. The number of aromatic amines is 1. The zero-order chi connectivity index (χ0) is 13.8. The van der Waals surface area contributed by atoms with E-state index in [4.69, 9.17) is 0 Å². The SMILES string of the molecule is c1ccc2c3c([nH]c2c1)[C@H]1CC[C@@H]2CCCC[C@H]2N1CC3. The molecule has 1 aromatic carbocycles. The summed E-state index contributed by atoms with van der Waals surface area (Å²) < 4.78 is 0. The minimum atomic E-state index is 0.667. The first kappa shape index (κ1) is 12.3. The monoisotopic (exact) mass is 280 g/mol. The van der Waals surface area contributed by atoms with Crippen molar-refractivity contribution in [3.8, 4) is 0 Å². The van der Waals surface area contributed by atoms with Crippen LogP contribution < -0.4 is 0 Å². The molecule has 0 amide bonds. The first-order valence-corrected chi connectivity index (χ1v) is 8.77. The lowest BCUT2D eigenvalue weighted by molar-refractivity contribution is 0.00706. The van der Waals surface area contributed by atoms with Gasteiger partial charge in [-0.1, -0.05) is 31.0 Å². The Labute approximate surface area is 126 Å². The molecule has 3 heterocycles. The number of piperidine rings is 1. The molecule has 1 saturated heterocycles. The molecule has 21 heavy (non-hydrogen) atoms. The van der Waals surface area contributed by atoms with E-state index in [1.807, 2.05) is 0 Å². The molecule has 2 aliphatic heterocycles. The molecule has 110 valence electrons. The molecule has 5 rings (SSSR count). The molecule has 0 bridgehead atoms. The highest BCUT2D eigenvalue weighted by Crippen LogP contribution is 2.46. The van der Waals surface area contributed by atoms with Gasteiger partial charge >= 0.3 is 0 Å². The van der Waals surface area contributed by atoms with Crippen molar-refractivity contribution in [3.63, 3.8) is 0 Å². The van der Waals surface area contributed by atoms with Gasteiger partial charge in [0.2, 0.25) is 0 Å². The topological polar surface area (TPSA) is 19.0 Å². The zero-order valence-corrected chi connectivity index (χ0v) is 12.6. The van der Waals surface area contributed by atoms with Gasteiger partial charge in [-0.2, -0.15) is 0 Å². The van der Waals surface area contributed by atoms with Crippen molar-refractivity contribution in [3.05, 3.63) is 35.5 Å².